The number of benzene rings is 2. The second-order valence-electron chi connectivity index (χ2n) is 5.47. The zero-order chi connectivity index (χ0) is 17.9. The molecule has 0 spiro atoms. The van der Waals surface area contributed by atoms with Crippen LogP contribution < -0.4 is 5.32 Å². The molecule has 1 aliphatic rings. The number of carbonyl (C=O) groups excluding carboxylic acids is 1. The molecule has 0 aliphatic carbocycles. The van der Waals surface area contributed by atoms with Crippen LogP contribution in [-0.2, 0) is 14.8 Å². The summed E-state index contributed by atoms with van der Waals surface area (Å²) in [6, 6.07) is 13.3. The number of morpholine rings is 1. The van der Waals surface area contributed by atoms with Gasteiger partial charge >= 0.3 is 0 Å². The predicted molar refractivity (Wildman–Crippen MR) is 98.1 cm³/mol. The van der Waals surface area contributed by atoms with Crippen LogP contribution in [0.3, 0.4) is 0 Å². The first-order valence-electron chi connectivity index (χ1n) is 7.72. The smallest absolute Gasteiger partial charge is 0.257 e. The number of hydrogen-bond donors (Lipinski definition) is 1. The molecule has 25 heavy (non-hydrogen) atoms. The van der Waals surface area contributed by atoms with Crippen molar-refractivity contribution in [2.45, 2.75) is 4.90 Å². The average Bonchev–Trinajstić information content (AvgIpc) is 2.64. The Kier molecular flexibility index (Phi) is 5.53. The molecule has 3 rings (SSSR count). The number of nitrogens with zero attached hydrogens (tertiary/aromatic N) is 1. The molecule has 0 unspecified atom stereocenters. The maximum Gasteiger partial charge on any atom is 0.257 e. The summed E-state index contributed by atoms with van der Waals surface area (Å²) < 4.78 is 33.2. The number of hydrogen-bond acceptors (Lipinski definition) is 4. The molecule has 1 N–H and O–H groups in total. The SMILES string of the molecule is O=C(Nc1ccc(Br)cc1)c1ccccc1S(=O)(=O)N1CCOCC1. The molecule has 0 radical (unpaired) electrons. The zero-order valence-corrected chi connectivity index (χ0v) is 15.7. The molecule has 6 nitrogen and oxygen atoms in total. The maximum atomic E-state index is 12.9. The lowest BCUT2D eigenvalue weighted by Crippen LogP contribution is -2.41. The molecule has 2 aromatic rings. The topological polar surface area (TPSA) is 75.7 Å². The van der Waals surface area contributed by atoms with Crippen molar-refractivity contribution in [3.8, 4) is 0 Å². The van der Waals surface area contributed by atoms with E-state index in [-0.39, 0.29) is 23.5 Å². The largest absolute Gasteiger partial charge is 0.379 e. The van der Waals surface area contributed by atoms with Crippen LogP contribution in [0.1, 0.15) is 10.4 Å². The molecule has 1 amide bonds. The van der Waals surface area contributed by atoms with E-state index in [1.165, 1.54) is 16.4 Å². The third-order valence-electron chi connectivity index (χ3n) is 3.82. The molecule has 1 aliphatic heterocycles. The Morgan fingerprint density at radius 1 is 1.04 bits per heavy atom. The molecule has 1 fully saturated rings. The van der Waals surface area contributed by atoms with Crippen molar-refractivity contribution < 1.29 is 17.9 Å². The number of carbonyl (C=O) groups is 1. The van der Waals surface area contributed by atoms with E-state index in [2.05, 4.69) is 21.2 Å². The number of ether oxygens (including phenoxy) is 1. The van der Waals surface area contributed by atoms with Crippen molar-refractivity contribution in [3.63, 3.8) is 0 Å². The summed E-state index contributed by atoms with van der Waals surface area (Å²) in [6.45, 7) is 1.27. The van der Waals surface area contributed by atoms with E-state index in [0.29, 0.717) is 18.9 Å². The molecule has 0 aromatic heterocycles. The van der Waals surface area contributed by atoms with Crippen LogP contribution in [0.4, 0.5) is 5.69 Å². The minimum Gasteiger partial charge on any atom is -0.379 e. The standard InChI is InChI=1S/C17H17BrN2O4S/c18-13-5-7-14(8-6-13)19-17(21)15-3-1-2-4-16(15)25(22,23)20-9-11-24-12-10-20/h1-8H,9-12H2,(H,19,21). The number of nitrogens with one attached hydrogen (secondary N) is 1. The summed E-state index contributed by atoms with van der Waals surface area (Å²) >= 11 is 3.33. The van der Waals surface area contributed by atoms with Crippen LogP contribution in [-0.4, -0.2) is 44.9 Å². The minimum atomic E-state index is -3.75. The van der Waals surface area contributed by atoms with Crippen LogP contribution in [0.25, 0.3) is 0 Å². The number of anilines is 1. The van der Waals surface area contributed by atoms with Crippen molar-refractivity contribution in [2.24, 2.45) is 0 Å². The van der Waals surface area contributed by atoms with Crippen molar-refractivity contribution in [1.29, 1.82) is 0 Å². The summed E-state index contributed by atoms with van der Waals surface area (Å²) in [5, 5.41) is 2.73. The Bertz CT molecular complexity index is 862. The Hall–Kier alpha value is -1.74. The fourth-order valence-corrected chi connectivity index (χ4v) is 4.40. The zero-order valence-electron chi connectivity index (χ0n) is 13.3. The van der Waals surface area contributed by atoms with Gasteiger partial charge in [0.15, 0.2) is 0 Å². The van der Waals surface area contributed by atoms with E-state index < -0.39 is 15.9 Å². The average molecular weight is 425 g/mol. The summed E-state index contributed by atoms with van der Waals surface area (Å²) in [5.41, 5.74) is 0.712. The van der Waals surface area contributed by atoms with Gasteiger partial charge in [0.25, 0.3) is 5.91 Å². The van der Waals surface area contributed by atoms with Gasteiger partial charge in [-0.15, -0.1) is 0 Å². The van der Waals surface area contributed by atoms with Crippen molar-refractivity contribution in [3.05, 3.63) is 58.6 Å². The fourth-order valence-electron chi connectivity index (χ4n) is 2.54. The molecular formula is C17H17BrN2O4S. The van der Waals surface area contributed by atoms with Crippen LogP contribution in [0.15, 0.2) is 57.9 Å². The van der Waals surface area contributed by atoms with E-state index in [4.69, 9.17) is 4.74 Å². The number of rotatable bonds is 4. The van der Waals surface area contributed by atoms with E-state index in [9.17, 15) is 13.2 Å². The van der Waals surface area contributed by atoms with Gasteiger partial charge in [-0.25, -0.2) is 8.42 Å². The highest BCUT2D eigenvalue weighted by Gasteiger charge is 2.30. The minimum absolute atomic E-state index is 0.00603. The maximum absolute atomic E-state index is 12.9. The van der Waals surface area contributed by atoms with E-state index in [0.717, 1.165) is 4.47 Å². The van der Waals surface area contributed by atoms with E-state index >= 15 is 0 Å². The summed E-state index contributed by atoms with van der Waals surface area (Å²) in [4.78, 5) is 12.6. The highest BCUT2D eigenvalue weighted by molar-refractivity contribution is 9.10. The lowest BCUT2D eigenvalue weighted by molar-refractivity contribution is 0.0730. The Morgan fingerprint density at radius 2 is 1.68 bits per heavy atom. The van der Waals surface area contributed by atoms with E-state index in [1.807, 2.05) is 0 Å². The van der Waals surface area contributed by atoms with Gasteiger partial charge in [0.1, 0.15) is 0 Å². The number of sulfonamides is 1. The second kappa shape index (κ2) is 7.65. The molecule has 2 aromatic carbocycles. The first-order chi connectivity index (χ1) is 12.0. The Balaban J connectivity index is 1.89. The number of halogens is 1. The van der Waals surface area contributed by atoms with E-state index in [1.54, 1.807) is 36.4 Å². The Morgan fingerprint density at radius 3 is 2.36 bits per heavy atom. The first kappa shape index (κ1) is 18.1. The predicted octanol–water partition coefficient (Wildman–Crippen LogP) is 2.72. The van der Waals surface area contributed by atoms with Gasteiger partial charge in [-0.3, -0.25) is 4.79 Å². The van der Waals surface area contributed by atoms with Crippen molar-refractivity contribution in [2.75, 3.05) is 31.6 Å². The third-order valence-corrected chi connectivity index (χ3v) is 6.31. The lowest BCUT2D eigenvalue weighted by Gasteiger charge is -2.26. The molecular weight excluding hydrogens is 408 g/mol. The molecule has 8 heteroatoms. The monoisotopic (exact) mass is 424 g/mol. The van der Waals surface area contributed by atoms with Crippen molar-refractivity contribution in [1.82, 2.24) is 4.31 Å². The van der Waals surface area contributed by atoms with Crippen molar-refractivity contribution >= 4 is 37.5 Å². The van der Waals surface area contributed by atoms with Gasteiger partial charge in [0.2, 0.25) is 10.0 Å². The van der Waals surface area contributed by atoms with Gasteiger partial charge in [0.05, 0.1) is 23.7 Å². The fraction of sp³-hybridized carbons (Fsp3) is 0.235. The van der Waals surface area contributed by atoms with Gasteiger partial charge in [-0.05, 0) is 36.4 Å². The third kappa shape index (κ3) is 4.09. The number of amides is 1. The van der Waals surface area contributed by atoms with Crippen LogP contribution >= 0.6 is 15.9 Å². The van der Waals surface area contributed by atoms with Crippen LogP contribution in [0.5, 0.6) is 0 Å². The molecule has 1 saturated heterocycles. The summed E-state index contributed by atoms with van der Waals surface area (Å²) in [5.74, 6) is -0.463. The molecule has 132 valence electrons. The summed E-state index contributed by atoms with van der Waals surface area (Å²) in [6.07, 6.45) is 0. The van der Waals surface area contributed by atoms with Crippen LogP contribution in [0.2, 0.25) is 0 Å². The molecule has 0 atom stereocenters. The highest BCUT2D eigenvalue weighted by Crippen LogP contribution is 2.23. The normalized spacial score (nSPS) is 15.7. The highest BCUT2D eigenvalue weighted by atomic mass is 79.9. The van der Waals surface area contributed by atoms with Gasteiger partial charge < -0.3 is 10.1 Å². The Labute approximate surface area is 155 Å². The van der Waals surface area contributed by atoms with Gasteiger partial charge in [-0.2, -0.15) is 4.31 Å². The second-order valence-corrected chi connectivity index (χ2v) is 8.30. The van der Waals surface area contributed by atoms with Gasteiger partial charge in [-0.1, -0.05) is 28.1 Å². The van der Waals surface area contributed by atoms with Gasteiger partial charge in [0, 0.05) is 23.2 Å². The first-order valence-corrected chi connectivity index (χ1v) is 9.95. The molecule has 1 heterocycles. The quantitative estimate of drug-likeness (QED) is 0.818. The van der Waals surface area contributed by atoms with Crippen LogP contribution in [0, 0.1) is 0 Å². The molecule has 0 saturated carbocycles. The lowest BCUT2D eigenvalue weighted by atomic mass is 10.2. The molecule has 0 bridgehead atoms. The summed E-state index contributed by atoms with van der Waals surface area (Å²) in [7, 11) is -3.75.